The van der Waals surface area contributed by atoms with Crippen LogP contribution in [0.15, 0.2) is 0 Å². The van der Waals surface area contributed by atoms with E-state index in [0.717, 1.165) is 38.8 Å². The van der Waals surface area contributed by atoms with Gasteiger partial charge in [0.25, 0.3) is 0 Å². The van der Waals surface area contributed by atoms with Gasteiger partial charge in [0.1, 0.15) is 6.04 Å². The number of aliphatic carboxylic acids is 1. The minimum atomic E-state index is -0.837. The predicted octanol–water partition coefficient (Wildman–Crippen LogP) is 0.840. The third-order valence-electron chi connectivity index (χ3n) is 3.83. The second-order valence-corrected chi connectivity index (χ2v) is 5.43. The molecule has 18 heavy (non-hydrogen) atoms. The van der Waals surface area contributed by atoms with Gasteiger partial charge < -0.3 is 10.0 Å². The second-order valence-electron chi connectivity index (χ2n) is 5.43. The molecule has 2 fully saturated rings. The average Bonchev–Trinajstić information content (AvgIpc) is 3.19. The minimum Gasteiger partial charge on any atom is -0.480 e. The molecule has 2 unspecified atom stereocenters. The Hall–Kier alpha value is -1.10. The number of piperidine rings is 1. The first-order valence-electron chi connectivity index (χ1n) is 6.87. The lowest BCUT2D eigenvalue weighted by atomic mass is 10.1. The number of hydrogen-bond acceptors (Lipinski definition) is 3. The van der Waals surface area contributed by atoms with Crippen LogP contribution in [0.5, 0.6) is 0 Å². The van der Waals surface area contributed by atoms with Crippen LogP contribution in [0.4, 0.5) is 0 Å². The van der Waals surface area contributed by atoms with Gasteiger partial charge in [-0.3, -0.25) is 14.9 Å². The fourth-order valence-electron chi connectivity index (χ4n) is 2.57. The van der Waals surface area contributed by atoms with Gasteiger partial charge in [-0.25, -0.2) is 0 Å². The molecule has 0 spiro atoms. The molecule has 0 aromatic rings. The van der Waals surface area contributed by atoms with Crippen LogP contribution in [-0.2, 0) is 9.59 Å². The lowest BCUT2D eigenvalue weighted by Gasteiger charge is -2.30. The highest BCUT2D eigenvalue weighted by atomic mass is 16.4. The summed E-state index contributed by atoms with van der Waals surface area (Å²) >= 11 is 0. The van der Waals surface area contributed by atoms with Gasteiger partial charge in [-0.2, -0.15) is 0 Å². The zero-order valence-corrected chi connectivity index (χ0v) is 10.9. The molecule has 1 saturated heterocycles. The molecular weight excluding hydrogens is 232 g/mol. The molecule has 5 heteroatoms. The molecule has 0 aromatic heterocycles. The van der Waals surface area contributed by atoms with Gasteiger partial charge in [-0.1, -0.05) is 0 Å². The number of nitrogens with zero attached hydrogens (tertiary/aromatic N) is 1. The minimum absolute atomic E-state index is 0.0431. The Balaban J connectivity index is 1.87. The number of amides is 1. The van der Waals surface area contributed by atoms with Crippen LogP contribution in [0.3, 0.4) is 0 Å². The first kappa shape index (κ1) is 13.3. The largest absolute Gasteiger partial charge is 0.480 e. The van der Waals surface area contributed by atoms with Crippen LogP contribution in [0.1, 0.15) is 39.0 Å². The van der Waals surface area contributed by atoms with Gasteiger partial charge in [-0.05, 0) is 44.9 Å². The summed E-state index contributed by atoms with van der Waals surface area (Å²) in [6, 6.07) is -0.960. The number of rotatable bonds is 5. The van der Waals surface area contributed by atoms with Gasteiger partial charge >= 0.3 is 5.97 Å². The summed E-state index contributed by atoms with van der Waals surface area (Å²) in [7, 11) is 0. The fraction of sp³-hybridized carbons (Fsp3) is 0.846. The van der Waals surface area contributed by atoms with Crippen LogP contribution >= 0.6 is 0 Å². The van der Waals surface area contributed by atoms with Crippen molar-refractivity contribution in [3.8, 4) is 0 Å². The molecule has 1 saturated carbocycles. The molecule has 2 aliphatic rings. The summed E-state index contributed by atoms with van der Waals surface area (Å²) in [5, 5.41) is 12.1. The molecule has 0 bridgehead atoms. The molecule has 102 valence electrons. The van der Waals surface area contributed by atoms with Gasteiger partial charge in [0.2, 0.25) is 5.91 Å². The Morgan fingerprint density at radius 1 is 1.22 bits per heavy atom. The van der Waals surface area contributed by atoms with E-state index < -0.39 is 18.1 Å². The summed E-state index contributed by atoms with van der Waals surface area (Å²) < 4.78 is 0. The van der Waals surface area contributed by atoms with Gasteiger partial charge in [0, 0.05) is 13.1 Å². The summed E-state index contributed by atoms with van der Waals surface area (Å²) in [6.07, 6.45) is 5.21. The molecule has 1 aliphatic heterocycles. The maximum absolute atomic E-state index is 12.2. The quantitative estimate of drug-likeness (QED) is 0.763. The summed E-state index contributed by atoms with van der Waals surface area (Å²) in [5.74, 6) is -0.587. The number of carbonyl (C=O) groups is 2. The Morgan fingerprint density at radius 2 is 1.83 bits per heavy atom. The molecule has 1 heterocycles. The number of carboxylic acids is 1. The van der Waals surface area contributed by atoms with Crippen LogP contribution < -0.4 is 5.32 Å². The van der Waals surface area contributed by atoms with Gasteiger partial charge in [0.15, 0.2) is 0 Å². The molecule has 2 atom stereocenters. The molecule has 0 radical (unpaired) electrons. The number of carboxylic acid groups (broad SMARTS) is 1. The van der Waals surface area contributed by atoms with Crippen molar-refractivity contribution in [2.75, 3.05) is 13.1 Å². The molecule has 0 aromatic carbocycles. The summed E-state index contributed by atoms with van der Waals surface area (Å²) in [6.45, 7) is 3.40. The van der Waals surface area contributed by atoms with E-state index >= 15 is 0 Å². The third-order valence-corrected chi connectivity index (χ3v) is 3.83. The van der Waals surface area contributed by atoms with Crippen molar-refractivity contribution in [2.45, 2.75) is 51.1 Å². The molecule has 2 N–H and O–H groups in total. The van der Waals surface area contributed by atoms with E-state index in [-0.39, 0.29) is 11.8 Å². The van der Waals surface area contributed by atoms with E-state index in [0.29, 0.717) is 0 Å². The highest BCUT2D eigenvalue weighted by Crippen LogP contribution is 2.33. The van der Waals surface area contributed by atoms with Gasteiger partial charge in [0.05, 0.1) is 6.04 Å². The van der Waals surface area contributed by atoms with Crippen LogP contribution in [-0.4, -0.2) is 47.1 Å². The fourth-order valence-corrected chi connectivity index (χ4v) is 2.57. The monoisotopic (exact) mass is 254 g/mol. The van der Waals surface area contributed by atoms with E-state index in [2.05, 4.69) is 5.32 Å². The highest BCUT2D eigenvalue weighted by molar-refractivity contribution is 5.83. The van der Waals surface area contributed by atoms with E-state index in [9.17, 15) is 9.59 Å². The number of likely N-dealkylation sites (tertiary alicyclic amines) is 1. The van der Waals surface area contributed by atoms with Crippen molar-refractivity contribution < 1.29 is 14.7 Å². The average molecular weight is 254 g/mol. The maximum atomic E-state index is 12.2. The molecule has 5 nitrogen and oxygen atoms in total. The van der Waals surface area contributed by atoms with Gasteiger partial charge in [-0.15, -0.1) is 0 Å². The molecule has 1 amide bonds. The zero-order valence-electron chi connectivity index (χ0n) is 10.9. The maximum Gasteiger partial charge on any atom is 0.321 e. The van der Waals surface area contributed by atoms with E-state index in [1.54, 1.807) is 6.92 Å². The van der Waals surface area contributed by atoms with Crippen LogP contribution in [0.2, 0.25) is 0 Å². The smallest absolute Gasteiger partial charge is 0.321 e. The van der Waals surface area contributed by atoms with Crippen LogP contribution in [0.25, 0.3) is 0 Å². The normalized spacial score (nSPS) is 23.5. The third kappa shape index (κ3) is 3.22. The standard InChI is InChI=1S/C13H22N2O3/c1-9(12(16)15-7-3-2-4-8-15)14-11(13(17)18)10-5-6-10/h9-11,14H,2-8H2,1H3,(H,17,18). The Bertz CT molecular complexity index is 322. The Labute approximate surface area is 108 Å². The highest BCUT2D eigenvalue weighted by Gasteiger charge is 2.38. The first-order valence-corrected chi connectivity index (χ1v) is 6.87. The van der Waals surface area contributed by atoms with Crippen molar-refractivity contribution >= 4 is 11.9 Å². The SMILES string of the molecule is CC(NC(C(=O)O)C1CC1)C(=O)N1CCCCC1. The van der Waals surface area contributed by atoms with E-state index in [1.165, 1.54) is 6.42 Å². The van der Waals surface area contributed by atoms with E-state index in [4.69, 9.17) is 5.11 Å². The first-order chi connectivity index (χ1) is 8.59. The molecule has 2 rings (SSSR count). The topological polar surface area (TPSA) is 69.6 Å². The Kier molecular flexibility index (Phi) is 4.22. The van der Waals surface area contributed by atoms with E-state index in [1.807, 2.05) is 4.90 Å². The van der Waals surface area contributed by atoms with Crippen LogP contribution in [0, 0.1) is 5.92 Å². The van der Waals surface area contributed by atoms with Crippen molar-refractivity contribution in [3.05, 3.63) is 0 Å². The number of carbonyl (C=O) groups excluding carboxylic acids is 1. The molecular formula is C13H22N2O3. The molecule has 1 aliphatic carbocycles. The predicted molar refractivity (Wildman–Crippen MR) is 67.2 cm³/mol. The lowest BCUT2D eigenvalue weighted by Crippen LogP contribution is -2.52. The van der Waals surface area contributed by atoms with Crippen molar-refractivity contribution in [3.63, 3.8) is 0 Å². The summed E-state index contributed by atoms with van der Waals surface area (Å²) in [4.78, 5) is 25.2. The van der Waals surface area contributed by atoms with Crippen molar-refractivity contribution in [1.29, 1.82) is 0 Å². The van der Waals surface area contributed by atoms with Crippen molar-refractivity contribution in [2.24, 2.45) is 5.92 Å². The zero-order chi connectivity index (χ0) is 13.1. The number of hydrogen-bond donors (Lipinski definition) is 2. The van der Waals surface area contributed by atoms with Crippen molar-refractivity contribution in [1.82, 2.24) is 10.2 Å². The number of nitrogens with one attached hydrogen (secondary N) is 1. The summed E-state index contributed by atoms with van der Waals surface area (Å²) in [5.41, 5.74) is 0. The Morgan fingerprint density at radius 3 is 2.33 bits per heavy atom. The second kappa shape index (κ2) is 5.69. The lowest BCUT2D eigenvalue weighted by molar-refractivity contribution is -0.141.